The molecule has 1 saturated heterocycles. The highest BCUT2D eigenvalue weighted by Gasteiger charge is 2.30. The van der Waals surface area contributed by atoms with E-state index in [-0.39, 0.29) is 5.91 Å². The van der Waals surface area contributed by atoms with Crippen LogP contribution in [-0.2, 0) is 0 Å². The Kier molecular flexibility index (Phi) is 2.82. The zero-order valence-corrected chi connectivity index (χ0v) is 11.0. The Morgan fingerprint density at radius 1 is 1.32 bits per heavy atom. The lowest BCUT2D eigenvalue weighted by atomic mass is 9.93. The van der Waals surface area contributed by atoms with Crippen molar-refractivity contribution >= 4 is 16.8 Å². The number of rotatable bonds is 1. The summed E-state index contributed by atoms with van der Waals surface area (Å²) in [5, 5.41) is 10.9. The van der Waals surface area contributed by atoms with Crippen LogP contribution in [0.4, 0.5) is 0 Å². The first kappa shape index (κ1) is 12.2. The maximum Gasteiger partial charge on any atom is 0.256 e. The van der Waals surface area contributed by atoms with E-state index < -0.39 is 5.60 Å². The van der Waals surface area contributed by atoms with Crippen molar-refractivity contribution in [2.45, 2.75) is 25.4 Å². The predicted octanol–water partition coefficient (Wildman–Crippen LogP) is 2.15. The first-order valence-corrected chi connectivity index (χ1v) is 6.65. The lowest BCUT2D eigenvalue weighted by Crippen LogP contribution is -2.45. The molecular weight excluding hydrogens is 240 g/mol. The molecule has 3 rings (SSSR count). The van der Waals surface area contributed by atoms with Gasteiger partial charge in [-0.15, -0.1) is 0 Å². The van der Waals surface area contributed by atoms with Crippen LogP contribution in [0.2, 0.25) is 0 Å². The van der Waals surface area contributed by atoms with Crippen molar-refractivity contribution in [1.82, 2.24) is 9.88 Å². The number of piperidine rings is 1. The number of amides is 1. The fourth-order valence-corrected chi connectivity index (χ4v) is 2.61. The summed E-state index contributed by atoms with van der Waals surface area (Å²) in [7, 11) is 0. The molecular formula is C15H18N2O2. The van der Waals surface area contributed by atoms with Gasteiger partial charge in [0, 0.05) is 30.2 Å². The molecule has 1 aliphatic heterocycles. The third-order valence-electron chi connectivity index (χ3n) is 3.95. The van der Waals surface area contributed by atoms with Crippen molar-refractivity contribution in [2.24, 2.45) is 0 Å². The molecule has 2 heterocycles. The molecule has 2 aromatic rings. The number of likely N-dealkylation sites (tertiary alicyclic amines) is 1. The summed E-state index contributed by atoms with van der Waals surface area (Å²) in [6, 6.07) is 7.81. The highest BCUT2D eigenvalue weighted by molar-refractivity contribution is 6.06. The molecule has 2 N–H and O–H groups in total. The van der Waals surface area contributed by atoms with E-state index in [1.165, 1.54) is 0 Å². The maximum absolute atomic E-state index is 12.5. The van der Waals surface area contributed by atoms with Crippen LogP contribution >= 0.6 is 0 Å². The normalized spacial score (nSPS) is 18.7. The second-order valence-corrected chi connectivity index (χ2v) is 5.54. The Bertz CT molecular complexity index is 605. The average Bonchev–Trinajstić information content (AvgIpc) is 2.82. The second kappa shape index (κ2) is 4.38. The largest absolute Gasteiger partial charge is 0.390 e. The molecule has 100 valence electrons. The first-order chi connectivity index (χ1) is 9.07. The molecule has 0 spiro atoms. The topological polar surface area (TPSA) is 56.3 Å². The average molecular weight is 258 g/mol. The maximum atomic E-state index is 12.5. The number of benzene rings is 1. The number of carbonyl (C=O) groups excluding carboxylic acids is 1. The van der Waals surface area contributed by atoms with Gasteiger partial charge in [0.25, 0.3) is 5.91 Å². The van der Waals surface area contributed by atoms with Gasteiger partial charge in [-0.3, -0.25) is 4.79 Å². The SMILES string of the molecule is CC1(O)CCN(C(=O)c2c[nH]c3ccccc23)CC1. The summed E-state index contributed by atoms with van der Waals surface area (Å²) >= 11 is 0. The summed E-state index contributed by atoms with van der Waals surface area (Å²) in [5.41, 5.74) is 1.07. The Labute approximate surface area is 112 Å². The highest BCUT2D eigenvalue weighted by atomic mass is 16.3. The van der Waals surface area contributed by atoms with Gasteiger partial charge in [0.1, 0.15) is 0 Å². The summed E-state index contributed by atoms with van der Waals surface area (Å²) in [5.74, 6) is 0.0490. The van der Waals surface area contributed by atoms with E-state index in [1.54, 1.807) is 6.20 Å². The quantitative estimate of drug-likeness (QED) is 0.823. The second-order valence-electron chi connectivity index (χ2n) is 5.54. The molecule has 0 radical (unpaired) electrons. The van der Waals surface area contributed by atoms with E-state index in [1.807, 2.05) is 36.1 Å². The Morgan fingerprint density at radius 3 is 2.74 bits per heavy atom. The van der Waals surface area contributed by atoms with Gasteiger partial charge in [-0.05, 0) is 25.8 Å². The number of fused-ring (bicyclic) bond motifs is 1. The third kappa shape index (κ3) is 2.24. The number of hydrogen-bond donors (Lipinski definition) is 2. The molecule has 0 unspecified atom stereocenters. The Morgan fingerprint density at radius 2 is 2.00 bits per heavy atom. The van der Waals surface area contributed by atoms with Crippen molar-refractivity contribution in [1.29, 1.82) is 0 Å². The van der Waals surface area contributed by atoms with Gasteiger partial charge in [-0.25, -0.2) is 0 Å². The van der Waals surface area contributed by atoms with Crippen LogP contribution in [0.25, 0.3) is 10.9 Å². The van der Waals surface area contributed by atoms with Crippen molar-refractivity contribution in [3.05, 3.63) is 36.0 Å². The van der Waals surface area contributed by atoms with Gasteiger partial charge in [-0.2, -0.15) is 0 Å². The minimum absolute atomic E-state index is 0.0490. The highest BCUT2D eigenvalue weighted by Crippen LogP contribution is 2.25. The molecule has 19 heavy (non-hydrogen) atoms. The Hall–Kier alpha value is -1.81. The van der Waals surface area contributed by atoms with Crippen molar-refractivity contribution in [2.75, 3.05) is 13.1 Å². The van der Waals surface area contributed by atoms with E-state index in [0.29, 0.717) is 25.9 Å². The van der Waals surface area contributed by atoms with Gasteiger partial charge < -0.3 is 15.0 Å². The van der Waals surface area contributed by atoms with E-state index >= 15 is 0 Å². The molecule has 1 amide bonds. The van der Waals surface area contributed by atoms with E-state index in [2.05, 4.69) is 4.98 Å². The standard InChI is InChI=1S/C15H18N2O2/c1-15(19)6-8-17(9-7-15)14(18)12-10-16-13-5-3-2-4-11(12)13/h2-5,10,16,19H,6-9H2,1H3. The lowest BCUT2D eigenvalue weighted by molar-refractivity contribution is -0.00196. The number of aromatic amines is 1. The van der Waals surface area contributed by atoms with E-state index in [9.17, 15) is 9.90 Å². The number of carbonyl (C=O) groups is 1. The summed E-state index contributed by atoms with van der Waals surface area (Å²) in [4.78, 5) is 17.5. The molecule has 0 aliphatic carbocycles. The number of nitrogens with zero attached hydrogens (tertiary/aromatic N) is 1. The molecule has 0 bridgehead atoms. The Balaban J connectivity index is 1.85. The van der Waals surface area contributed by atoms with Gasteiger partial charge in [0.05, 0.1) is 11.2 Å². The van der Waals surface area contributed by atoms with Gasteiger partial charge in [0.15, 0.2) is 0 Å². The summed E-state index contributed by atoms with van der Waals surface area (Å²) in [6.45, 7) is 3.07. The van der Waals surface area contributed by atoms with Crippen LogP contribution in [-0.4, -0.2) is 39.6 Å². The number of para-hydroxylation sites is 1. The third-order valence-corrected chi connectivity index (χ3v) is 3.95. The van der Waals surface area contributed by atoms with Crippen LogP contribution in [0, 0.1) is 0 Å². The minimum Gasteiger partial charge on any atom is -0.390 e. The molecule has 1 aromatic carbocycles. The molecule has 1 aliphatic rings. The molecule has 4 nitrogen and oxygen atoms in total. The van der Waals surface area contributed by atoms with Crippen LogP contribution in [0.5, 0.6) is 0 Å². The number of aromatic nitrogens is 1. The number of H-pyrrole nitrogens is 1. The van der Waals surface area contributed by atoms with E-state index in [0.717, 1.165) is 16.5 Å². The minimum atomic E-state index is -0.628. The predicted molar refractivity (Wildman–Crippen MR) is 74.1 cm³/mol. The lowest BCUT2D eigenvalue weighted by Gasteiger charge is -2.35. The van der Waals surface area contributed by atoms with Crippen molar-refractivity contribution in [3.63, 3.8) is 0 Å². The first-order valence-electron chi connectivity index (χ1n) is 6.65. The molecule has 1 fully saturated rings. The van der Waals surface area contributed by atoms with Crippen molar-refractivity contribution < 1.29 is 9.90 Å². The van der Waals surface area contributed by atoms with Gasteiger partial charge in [0.2, 0.25) is 0 Å². The van der Waals surface area contributed by atoms with E-state index in [4.69, 9.17) is 0 Å². The van der Waals surface area contributed by atoms with Crippen LogP contribution in [0.3, 0.4) is 0 Å². The summed E-state index contributed by atoms with van der Waals surface area (Å²) < 4.78 is 0. The molecule has 4 heteroatoms. The number of aliphatic hydroxyl groups is 1. The fourth-order valence-electron chi connectivity index (χ4n) is 2.61. The smallest absolute Gasteiger partial charge is 0.256 e. The van der Waals surface area contributed by atoms with Gasteiger partial charge in [-0.1, -0.05) is 18.2 Å². The zero-order chi connectivity index (χ0) is 13.5. The molecule has 1 aromatic heterocycles. The monoisotopic (exact) mass is 258 g/mol. The van der Waals surface area contributed by atoms with Crippen LogP contribution in [0.15, 0.2) is 30.5 Å². The molecule has 0 saturated carbocycles. The molecule has 0 atom stereocenters. The summed E-state index contributed by atoms with van der Waals surface area (Å²) in [6.07, 6.45) is 3.06. The van der Waals surface area contributed by atoms with Gasteiger partial charge >= 0.3 is 0 Å². The van der Waals surface area contributed by atoms with Crippen LogP contribution < -0.4 is 0 Å². The number of hydrogen-bond acceptors (Lipinski definition) is 2. The van der Waals surface area contributed by atoms with Crippen molar-refractivity contribution in [3.8, 4) is 0 Å². The zero-order valence-electron chi connectivity index (χ0n) is 11.0. The fraction of sp³-hybridized carbons (Fsp3) is 0.400. The number of nitrogens with one attached hydrogen (secondary N) is 1. The van der Waals surface area contributed by atoms with Crippen LogP contribution in [0.1, 0.15) is 30.1 Å².